The Morgan fingerprint density at radius 3 is 2.65 bits per heavy atom. The number of ether oxygens (including phenoxy) is 1. The van der Waals surface area contributed by atoms with Crippen molar-refractivity contribution in [3.05, 3.63) is 16.0 Å². The molecule has 2 aliphatic rings. The van der Waals surface area contributed by atoms with Crippen LogP contribution in [0.3, 0.4) is 0 Å². The van der Waals surface area contributed by atoms with Crippen LogP contribution in [-0.4, -0.2) is 29.7 Å². The average molecular weight is 340 g/mol. The Hall–Kier alpha value is -0.680. The molecule has 1 saturated heterocycles. The SMILES string of the molecule is CCNc1nc(C2CCOC2)nc(C2CCCC2)c1Br. The zero-order chi connectivity index (χ0) is 13.9. The number of halogens is 1. The first-order valence-electron chi connectivity index (χ1n) is 7.68. The third-order valence-electron chi connectivity index (χ3n) is 4.28. The molecule has 0 spiro atoms. The van der Waals surface area contributed by atoms with E-state index in [9.17, 15) is 0 Å². The van der Waals surface area contributed by atoms with Crippen molar-refractivity contribution in [2.45, 2.75) is 50.9 Å². The quantitative estimate of drug-likeness (QED) is 0.905. The summed E-state index contributed by atoms with van der Waals surface area (Å²) in [5.74, 6) is 2.86. The number of aromatic nitrogens is 2. The molecular formula is C15H22BrN3O. The van der Waals surface area contributed by atoms with Crippen molar-refractivity contribution in [2.24, 2.45) is 0 Å². The molecule has 1 aromatic heterocycles. The number of rotatable bonds is 4. The summed E-state index contributed by atoms with van der Waals surface area (Å²) in [4.78, 5) is 9.63. The fourth-order valence-electron chi connectivity index (χ4n) is 3.16. The van der Waals surface area contributed by atoms with Crippen molar-refractivity contribution in [1.29, 1.82) is 0 Å². The molecule has 3 rings (SSSR count). The van der Waals surface area contributed by atoms with Crippen LogP contribution in [0.1, 0.15) is 62.4 Å². The van der Waals surface area contributed by atoms with Crippen molar-refractivity contribution in [3.8, 4) is 0 Å². The molecule has 0 radical (unpaired) electrons. The van der Waals surface area contributed by atoms with E-state index in [4.69, 9.17) is 14.7 Å². The fraction of sp³-hybridized carbons (Fsp3) is 0.733. The number of hydrogen-bond donors (Lipinski definition) is 1. The molecule has 1 saturated carbocycles. The molecule has 0 bridgehead atoms. The number of hydrogen-bond acceptors (Lipinski definition) is 4. The van der Waals surface area contributed by atoms with Gasteiger partial charge in [0.05, 0.1) is 16.8 Å². The van der Waals surface area contributed by atoms with Gasteiger partial charge >= 0.3 is 0 Å². The van der Waals surface area contributed by atoms with Gasteiger partial charge in [-0.25, -0.2) is 9.97 Å². The number of nitrogens with zero attached hydrogens (tertiary/aromatic N) is 2. The van der Waals surface area contributed by atoms with Crippen LogP contribution in [0.25, 0.3) is 0 Å². The zero-order valence-corrected chi connectivity index (χ0v) is 13.6. The van der Waals surface area contributed by atoms with Gasteiger partial charge in [-0.15, -0.1) is 0 Å². The Labute approximate surface area is 128 Å². The monoisotopic (exact) mass is 339 g/mol. The van der Waals surface area contributed by atoms with E-state index in [1.807, 2.05) is 0 Å². The molecule has 1 aromatic rings. The summed E-state index contributed by atoms with van der Waals surface area (Å²) >= 11 is 3.72. The van der Waals surface area contributed by atoms with Gasteiger partial charge < -0.3 is 10.1 Å². The molecule has 1 N–H and O–H groups in total. The normalized spacial score (nSPS) is 23.4. The van der Waals surface area contributed by atoms with Crippen molar-refractivity contribution in [2.75, 3.05) is 25.1 Å². The molecule has 5 heteroatoms. The van der Waals surface area contributed by atoms with E-state index in [0.29, 0.717) is 11.8 Å². The lowest BCUT2D eigenvalue weighted by atomic mass is 10.0. The summed E-state index contributed by atoms with van der Waals surface area (Å²) in [5, 5.41) is 3.36. The highest BCUT2D eigenvalue weighted by Gasteiger charge is 2.27. The first kappa shape index (κ1) is 14.3. The second-order valence-electron chi connectivity index (χ2n) is 5.70. The van der Waals surface area contributed by atoms with Crippen LogP contribution in [-0.2, 0) is 4.74 Å². The minimum atomic E-state index is 0.362. The van der Waals surface area contributed by atoms with E-state index in [2.05, 4.69) is 28.2 Å². The Kier molecular flexibility index (Phi) is 4.56. The first-order chi connectivity index (χ1) is 9.79. The second kappa shape index (κ2) is 6.39. The van der Waals surface area contributed by atoms with Crippen LogP contribution in [0.2, 0.25) is 0 Å². The highest BCUT2D eigenvalue weighted by atomic mass is 79.9. The maximum atomic E-state index is 5.49. The molecule has 0 amide bonds. The molecule has 1 atom stereocenters. The van der Waals surface area contributed by atoms with Gasteiger partial charge in [0.25, 0.3) is 0 Å². The zero-order valence-electron chi connectivity index (χ0n) is 12.0. The van der Waals surface area contributed by atoms with E-state index in [0.717, 1.165) is 42.3 Å². The Morgan fingerprint density at radius 1 is 1.20 bits per heavy atom. The standard InChI is InChI=1S/C15H22BrN3O/c1-2-17-15-12(16)13(10-5-3-4-6-10)18-14(19-15)11-7-8-20-9-11/h10-11H,2-9H2,1H3,(H,17,18,19). The molecule has 0 aromatic carbocycles. The minimum absolute atomic E-state index is 0.362. The van der Waals surface area contributed by atoms with Crippen molar-refractivity contribution >= 4 is 21.7 Å². The molecule has 2 fully saturated rings. The lowest BCUT2D eigenvalue weighted by Gasteiger charge is -2.17. The van der Waals surface area contributed by atoms with Gasteiger partial charge in [0.1, 0.15) is 11.6 Å². The van der Waals surface area contributed by atoms with Gasteiger partial charge in [-0.2, -0.15) is 0 Å². The van der Waals surface area contributed by atoms with Crippen molar-refractivity contribution in [3.63, 3.8) is 0 Å². The highest BCUT2D eigenvalue weighted by Crippen LogP contribution is 2.39. The third-order valence-corrected chi connectivity index (χ3v) is 5.06. The van der Waals surface area contributed by atoms with Gasteiger partial charge in [0.2, 0.25) is 0 Å². The third kappa shape index (κ3) is 2.84. The Balaban J connectivity index is 1.97. The fourth-order valence-corrected chi connectivity index (χ4v) is 3.80. The van der Waals surface area contributed by atoms with Crippen molar-refractivity contribution < 1.29 is 4.74 Å². The Morgan fingerprint density at radius 2 is 2.00 bits per heavy atom. The highest BCUT2D eigenvalue weighted by molar-refractivity contribution is 9.10. The molecule has 1 unspecified atom stereocenters. The lowest BCUT2D eigenvalue weighted by Crippen LogP contribution is -2.13. The van der Waals surface area contributed by atoms with Gasteiger partial charge in [-0.3, -0.25) is 0 Å². The minimum Gasteiger partial charge on any atom is -0.381 e. The topological polar surface area (TPSA) is 47.0 Å². The number of nitrogens with one attached hydrogen (secondary N) is 1. The van der Waals surface area contributed by atoms with Crippen LogP contribution in [0, 0.1) is 0 Å². The molecule has 1 aliphatic carbocycles. The molecule has 4 nitrogen and oxygen atoms in total. The lowest BCUT2D eigenvalue weighted by molar-refractivity contribution is 0.193. The summed E-state index contributed by atoms with van der Waals surface area (Å²) in [6.07, 6.45) is 6.18. The van der Waals surface area contributed by atoms with Crippen molar-refractivity contribution in [1.82, 2.24) is 9.97 Å². The summed E-state index contributed by atoms with van der Waals surface area (Å²) < 4.78 is 6.56. The van der Waals surface area contributed by atoms with Gasteiger partial charge in [0, 0.05) is 25.0 Å². The smallest absolute Gasteiger partial charge is 0.144 e. The van der Waals surface area contributed by atoms with Gasteiger partial charge in [-0.05, 0) is 42.1 Å². The summed E-state index contributed by atoms with van der Waals surface area (Å²) in [7, 11) is 0. The molecule has 20 heavy (non-hydrogen) atoms. The second-order valence-corrected chi connectivity index (χ2v) is 6.49. The van der Waals surface area contributed by atoms with Crippen LogP contribution >= 0.6 is 15.9 Å². The first-order valence-corrected chi connectivity index (χ1v) is 8.47. The van der Waals surface area contributed by atoms with Gasteiger partial charge in [0.15, 0.2) is 0 Å². The Bertz CT molecular complexity index is 468. The maximum absolute atomic E-state index is 5.49. The van der Waals surface area contributed by atoms with E-state index in [-0.39, 0.29) is 0 Å². The van der Waals surface area contributed by atoms with Crippen LogP contribution in [0.15, 0.2) is 4.47 Å². The van der Waals surface area contributed by atoms with E-state index in [1.54, 1.807) is 0 Å². The predicted octanol–water partition coefficient (Wildman–Crippen LogP) is 3.83. The average Bonchev–Trinajstić information content (AvgIpc) is 3.14. The predicted molar refractivity (Wildman–Crippen MR) is 83.3 cm³/mol. The van der Waals surface area contributed by atoms with E-state index >= 15 is 0 Å². The molecule has 1 aliphatic heterocycles. The van der Waals surface area contributed by atoms with Crippen LogP contribution < -0.4 is 5.32 Å². The van der Waals surface area contributed by atoms with Crippen LogP contribution in [0.4, 0.5) is 5.82 Å². The summed E-state index contributed by atoms with van der Waals surface area (Å²) in [6, 6.07) is 0. The largest absolute Gasteiger partial charge is 0.381 e. The molecular weight excluding hydrogens is 318 g/mol. The molecule has 2 heterocycles. The molecule has 110 valence electrons. The van der Waals surface area contributed by atoms with E-state index < -0.39 is 0 Å². The number of anilines is 1. The van der Waals surface area contributed by atoms with Crippen LogP contribution in [0.5, 0.6) is 0 Å². The van der Waals surface area contributed by atoms with Gasteiger partial charge in [-0.1, -0.05) is 12.8 Å². The summed E-state index contributed by atoms with van der Waals surface area (Å²) in [6.45, 7) is 4.57. The summed E-state index contributed by atoms with van der Waals surface area (Å²) in [5.41, 5.74) is 1.20. The maximum Gasteiger partial charge on any atom is 0.144 e. The van der Waals surface area contributed by atoms with E-state index in [1.165, 1.54) is 31.4 Å².